The van der Waals surface area contributed by atoms with E-state index in [-0.39, 0.29) is 5.91 Å². The molecule has 5 rings (SSSR count). The lowest BCUT2D eigenvalue weighted by Crippen LogP contribution is -2.48. The van der Waals surface area contributed by atoms with Crippen LogP contribution in [0.5, 0.6) is 5.75 Å². The molecule has 8 heteroatoms. The Morgan fingerprint density at radius 2 is 1.71 bits per heavy atom. The molecule has 0 aliphatic carbocycles. The first-order valence-electron chi connectivity index (χ1n) is 11.3. The maximum absolute atomic E-state index is 13.6. The second-order valence-corrected chi connectivity index (χ2v) is 8.19. The number of carbonyl (C=O) groups excluding carboxylic acids is 1. The molecule has 2 aromatic heterocycles. The van der Waals surface area contributed by atoms with E-state index in [1.807, 2.05) is 47.4 Å². The number of amides is 1. The largest absolute Gasteiger partial charge is 0.497 e. The van der Waals surface area contributed by atoms with Crippen LogP contribution >= 0.6 is 0 Å². The average Bonchev–Trinajstić information content (AvgIpc) is 3.35. The van der Waals surface area contributed by atoms with Crippen molar-refractivity contribution in [2.75, 3.05) is 33.3 Å². The number of rotatable bonds is 6. The molecule has 0 N–H and O–H groups in total. The number of ether oxygens (including phenoxy) is 1. The SMILES string of the molecule is COc1ccc(-n2nnc(C(=O)N3CCN(Cc4ccccc4)CC3)c2-c2cccnc2)cc1. The van der Waals surface area contributed by atoms with Crippen LogP contribution in [0.4, 0.5) is 0 Å². The van der Waals surface area contributed by atoms with E-state index in [1.165, 1.54) is 5.56 Å². The molecule has 4 aromatic rings. The molecule has 1 amide bonds. The van der Waals surface area contributed by atoms with Crippen molar-refractivity contribution in [3.8, 4) is 22.7 Å². The van der Waals surface area contributed by atoms with Crippen LogP contribution in [-0.2, 0) is 6.54 Å². The summed E-state index contributed by atoms with van der Waals surface area (Å²) in [4.78, 5) is 22.0. The summed E-state index contributed by atoms with van der Waals surface area (Å²) in [6.07, 6.45) is 3.44. The van der Waals surface area contributed by atoms with Crippen LogP contribution < -0.4 is 4.74 Å². The third kappa shape index (κ3) is 4.53. The van der Waals surface area contributed by atoms with Crippen LogP contribution in [0.2, 0.25) is 0 Å². The summed E-state index contributed by atoms with van der Waals surface area (Å²) in [6, 6.07) is 21.7. The smallest absolute Gasteiger partial charge is 0.276 e. The number of methoxy groups -OCH3 is 1. The fraction of sp³-hybridized carbons (Fsp3) is 0.231. The Labute approximate surface area is 198 Å². The predicted molar refractivity (Wildman–Crippen MR) is 129 cm³/mol. The molecule has 0 unspecified atom stereocenters. The van der Waals surface area contributed by atoms with E-state index in [0.717, 1.165) is 36.6 Å². The van der Waals surface area contributed by atoms with Crippen molar-refractivity contribution in [1.29, 1.82) is 0 Å². The Kier molecular flexibility index (Phi) is 6.31. The van der Waals surface area contributed by atoms with E-state index in [1.54, 1.807) is 24.2 Å². The summed E-state index contributed by atoms with van der Waals surface area (Å²) in [5.41, 5.74) is 3.83. The van der Waals surface area contributed by atoms with Gasteiger partial charge in [0.05, 0.1) is 12.8 Å². The second kappa shape index (κ2) is 9.84. The van der Waals surface area contributed by atoms with E-state index in [4.69, 9.17) is 4.74 Å². The van der Waals surface area contributed by atoms with Crippen molar-refractivity contribution in [3.63, 3.8) is 0 Å². The van der Waals surface area contributed by atoms with Gasteiger partial charge in [0.25, 0.3) is 5.91 Å². The van der Waals surface area contributed by atoms with E-state index in [9.17, 15) is 4.79 Å². The molecule has 8 nitrogen and oxygen atoms in total. The number of pyridine rings is 1. The average molecular weight is 455 g/mol. The minimum Gasteiger partial charge on any atom is -0.497 e. The first-order chi connectivity index (χ1) is 16.7. The van der Waals surface area contributed by atoms with Crippen LogP contribution in [0.3, 0.4) is 0 Å². The Hall–Kier alpha value is -4.04. The highest BCUT2D eigenvalue weighted by Crippen LogP contribution is 2.27. The maximum Gasteiger partial charge on any atom is 0.276 e. The fourth-order valence-electron chi connectivity index (χ4n) is 4.19. The standard InChI is InChI=1S/C26H26N6O2/c1-34-23-11-9-22(10-12-23)32-25(21-8-5-13-27-18-21)24(28-29-32)26(33)31-16-14-30(15-17-31)19-20-6-3-2-4-7-20/h2-13,18H,14-17,19H2,1H3. The summed E-state index contributed by atoms with van der Waals surface area (Å²) in [7, 11) is 1.63. The number of aromatic nitrogens is 4. The van der Waals surface area contributed by atoms with E-state index in [0.29, 0.717) is 24.5 Å². The van der Waals surface area contributed by atoms with Gasteiger partial charge in [-0.05, 0) is 42.0 Å². The molecule has 2 aromatic carbocycles. The van der Waals surface area contributed by atoms with E-state index < -0.39 is 0 Å². The van der Waals surface area contributed by atoms with Gasteiger partial charge in [-0.15, -0.1) is 5.10 Å². The molecule has 0 saturated carbocycles. The molecule has 0 atom stereocenters. The van der Waals surface area contributed by atoms with Crippen molar-refractivity contribution in [2.24, 2.45) is 0 Å². The lowest BCUT2D eigenvalue weighted by molar-refractivity contribution is 0.0623. The molecular weight excluding hydrogens is 428 g/mol. The predicted octanol–water partition coefficient (Wildman–Crippen LogP) is 3.30. The zero-order chi connectivity index (χ0) is 23.3. The zero-order valence-electron chi connectivity index (χ0n) is 19.0. The molecule has 3 heterocycles. The number of hydrogen-bond donors (Lipinski definition) is 0. The van der Waals surface area contributed by atoms with Gasteiger partial charge in [0.1, 0.15) is 11.4 Å². The molecule has 0 radical (unpaired) electrons. The highest BCUT2D eigenvalue weighted by Gasteiger charge is 2.29. The van der Waals surface area contributed by atoms with Crippen LogP contribution in [0, 0.1) is 0 Å². The summed E-state index contributed by atoms with van der Waals surface area (Å²) in [5.74, 6) is 0.634. The van der Waals surface area contributed by atoms with Gasteiger partial charge in [0.15, 0.2) is 5.69 Å². The van der Waals surface area contributed by atoms with Crippen molar-refractivity contribution in [1.82, 2.24) is 29.8 Å². The first-order valence-corrected chi connectivity index (χ1v) is 11.3. The monoisotopic (exact) mass is 454 g/mol. The third-order valence-electron chi connectivity index (χ3n) is 6.03. The highest BCUT2D eigenvalue weighted by molar-refractivity contribution is 5.98. The third-order valence-corrected chi connectivity index (χ3v) is 6.03. The molecule has 1 saturated heterocycles. The topological polar surface area (TPSA) is 76.4 Å². The minimum absolute atomic E-state index is 0.113. The molecule has 172 valence electrons. The van der Waals surface area contributed by atoms with Gasteiger partial charge in [-0.2, -0.15) is 0 Å². The molecule has 1 aliphatic heterocycles. The number of piperazine rings is 1. The number of carbonyl (C=O) groups is 1. The van der Waals surface area contributed by atoms with Gasteiger partial charge in [-0.1, -0.05) is 35.5 Å². The van der Waals surface area contributed by atoms with Crippen molar-refractivity contribution >= 4 is 5.91 Å². The Bertz CT molecular complexity index is 1230. The Morgan fingerprint density at radius 1 is 0.941 bits per heavy atom. The zero-order valence-corrected chi connectivity index (χ0v) is 19.0. The Morgan fingerprint density at radius 3 is 2.38 bits per heavy atom. The quantitative estimate of drug-likeness (QED) is 0.445. The highest BCUT2D eigenvalue weighted by atomic mass is 16.5. The van der Waals surface area contributed by atoms with Gasteiger partial charge in [-0.25, -0.2) is 4.68 Å². The minimum atomic E-state index is -0.113. The van der Waals surface area contributed by atoms with Gasteiger partial charge in [0, 0.05) is 50.7 Å². The van der Waals surface area contributed by atoms with Crippen LogP contribution in [0.15, 0.2) is 79.1 Å². The first kappa shape index (κ1) is 21.8. The lowest BCUT2D eigenvalue weighted by Gasteiger charge is -2.34. The summed E-state index contributed by atoms with van der Waals surface area (Å²) < 4.78 is 6.96. The van der Waals surface area contributed by atoms with E-state index >= 15 is 0 Å². The molecular formula is C26H26N6O2. The summed E-state index contributed by atoms with van der Waals surface area (Å²) in [6.45, 7) is 3.81. The van der Waals surface area contributed by atoms with Crippen molar-refractivity contribution in [3.05, 3.63) is 90.4 Å². The molecule has 1 aliphatic rings. The van der Waals surface area contributed by atoms with Gasteiger partial charge < -0.3 is 9.64 Å². The normalized spacial score (nSPS) is 14.2. The van der Waals surface area contributed by atoms with Gasteiger partial charge in [0.2, 0.25) is 0 Å². The lowest BCUT2D eigenvalue weighted by atomic mass is 10.1. The fourth-order valence-corrected chi connectivity index (χ4v) is 4.19. The van der Waals surface area contributed by atoms with Crippen LogP contribution in [-0.4, -0.2) is 69.0 Å². The van der Waals surface area contributed by atoms with Crippen molar-refractivity contribution < 1.29 is 9.53 Å². The van der Waals surface area contributed by atoms with Crippen LogP contribution in [0.1, 0.15) is 16.1 Å². The maximum atomic E-state index is 13.6. The van der Waals surface area contributed by atoms with Gasteiger partial charge >= 0.3 is 0 Å². The second-order valence-electron chi connectivity index (χ2n) is 8.19. The summed E-state index contributed by atoms with van der Waals surface area (Å²) >= 11 is 0. The molecule has 0 spiro atoms. The Balaban J connectivity index is 1.39. The molecule has 0 bridgehead atoms. The molecule has 34 heavy (non-hydrogen) atoms. The van der Waals surface area contributed by atoms with E-state index in [2.05, 4.69) is 44.5 Å². The number of benzene rings is 2. The summed E-state index contributed by atoms with van der Waals surface area (Å²) in [5, 5.41) is 8.67. The number of hydrogen-bond acceptors (Lipinski definition) is 6. The number of nitrogens with zero attached hydrogens (tertiary/aromatic N) is 6. The molecule has 1 fully saturated rings. The van der Waals surface area contributed by atoms with Crippen molar-refractivity contribution in [2.45, 2.75) is 6.54 Å². The van der Waals surface area contributed by atoms with Gasteiger partial charge in [-0.3, -0.25) is 14.7 Å². The van der Waals surface area contributed by atoms with Crippen LogP contribution in [0.25, 0.3) is 16.9 Å².